The zero-order valence-corrected chi connectivity index (χ0v) is 17.4. The van der Waals surface area contributed by atoms with Crippen molar-refractivity contribution < 1.29 is 5.11 Å². The van der Waals surface area contributed by atoms with Crippen LogP contribution in [0.15, 0.2) is 17.1 Å². The molecule has 1 aliphatic rings. The van der Waals surface area contributed by atoms with Crippen molar-refractivity contribution in [2.45, 2.75) is 103 Å². The Morgan fingerprint density at radius 2 is 1.42 bits per heavy atom. The minimum atomic E-state index is 0.245. The van der Waals surface area contributed by atoms with Crippen LogP contribution in [0.2, 0.25) is 0 Å². The number of unbranched alkanes of at least 4 members (excludes halogenated alkanes) is 12. The molecular formula is C23H44N2O. The van der Waals surface area contributed by atoms with Crippen LogP contribution >= 0.6 is 0 Å². The van der Waals surface area contributed by atoms with Crippen molar-refractivity contribution in [1.82, 2.24) is 4.90 Å². The first-order chi connectivity index (χ1) is 12.9. The second-order valence-corrected chi connectivity index (χ2v) is 7.70. The topological polar surface area (TPSA) is 35.8 Å². The van der Waals surface area contributed by atoms with E-state index in [2.05, 4.69) is 29.0 Å². The fraction of sp³-hybridized carbons (Fsp3) is 0.870. The van der Waals surface area contributed by atoms with E-state index in [1.165, 1.54) is 95.7 Å². The first-order valence-electron chi connectivity index (χ1n) is 11.4. The molecule has 0 aromatic rings. The third-order valence-electron chi connectivity index (χ3n) is 5.29. The summed E-state index contributed by atoms with van der Waals surface area (Å²) in [4.78, 5) is 6.82. The van der Waals surface area contributed by atoms with E-state index in [4.69, 9.17) is 5.11 Å². The van der Waals surface area contributed by atoms with E-state index in [0.29, 0.717) is 0 Å². The average Bonchev–Trinajstić information content (AvgIpc) is 3.09. The van der Waals surface area contributed by atoms with Crippen molar-refractivity contribution >= 4 is 5.84 Å². The van der Waals surface area contributed by atoms with Crippen LogP contribution in [0.4, 0.5) is 0 Å². The SMILES string of the molecule is CCC/C=C/CCCCCCCCCCCCCC1=NCCN1CCO. The third kappa shape index (κ3) is 12.5. The first kappa shape index (κ1) is 23.2. The molecular weight excluding hydrogens is 320 g/mol. The molecule has 0 aliphatic carbocycles. The van der Waals surface area contributed by atoms with Crippen LogP contribution in [0.3, 0.4) is 0 Å². The van der Waals surface area contributed by atoms with E-state index < -0.39 is 0 Å². The number of hydrogen-bond acceptors (Lipinski definition) is 3. The second kappa shape index (κ2) is 17.6. The number of nitrogens with zero attached hydrogens (tertiary/aromatic N) is 2. The summed E-state index contributed by atoms with van der Waals surface area (Å²) in [7, 11) is 0. The highest BCUT2D eigenvalue weighted by molar-refractivity contribution is 5.83. The molecule has 0 fully saturated rings. The number of aliphatic hydroxyl groups excluding tert-OH is 1. The van der Waals surface area contributed by atoms with Crippen molar-refractivity contribution in [1.29, 1.82) is 0 Å². The minimum Gasteiger partial charge on any atom is -0.395 e. The summed E-state index contributed by atoms with van der Waals surface area (Å²) in [6.45, 7) is 5.17. The van der Waals surface area contributed by atoms with Gasteiger partial charge in [-0.25, -0.2) is 0 Å². The zero-order chi connectivity index (χ0) is 18.7. The molecule has 0 aromatic heterocycles. The highest BCUT2D eigenvalue weighted by atomic mass is 16.3. The predicted octanol–water partition coefficient (Wildman–Crippen LogP) is 6.12. The molecule has 0 saturated heterocycles. The summed E-state index contributed by atoms with van der Waals surface area (Å²) >= 11 is 0. The Bertz CT molecular complexity index is 365. The van der Waals surface area contributed by atoms with Crippen molar-refractivity contribution in [2.75, 3.05) is 26.2 Å². The molecule has 1 N–H and O–H groups in total. The molecule has 1 aliphatic heterocycles. The Morgan fingerprint density at radius 3 is 2.04 bits per heavy atom. The summed E-state index contributed by atoms with van der Waals surface area (Å²) in [5.74, 6) is 1.24. The Hall–Kier alpha value is -0.830. The lowest BCUT2D eigenvalue weighted by atomic mass is 10.0. The van der Waals surface area contributed by atoms with Gasteiger partial charge in [0.05, 0.1) is 19.0 Å². The Morgan fingerprint density at radius 1 is 0.846 bits per heavy atom. The van der Waals surface area contributed by atoms with Crippen molar-refractivity contribution in [3.8, 4) is 0 Å². The Labute approximate surface area is 163 Å². The summed E-state index contributed by atoms with van der Waals surface area (Å²) in [6.07, 6.45) is 24.9. The normalized spacial score (nSPS) is 14.5. The number of hydrogen-bond donors (Lipinski definition) is 1. The molecule has 0 unspecified atom stereocenters. The smallest absolute Gasteiger partial charge is 0.0991 e. The quantitative estimate of drug-likeness (QED) is 0.235. The molecule has 0 atom stereocenters. The van der Waals surface area contributed by atoms with Crippen LogP contribution in [0.1, 0.15) is 103 Å². The van der Waals surface area contributed by atoms with Gasteiger partial charge in [-0.2, -0.15) is 0 Å². The predicted molar refractivity (Wildman–Crippen MR) is 115 cm³/mol. The molecule has 0 spiro atoms. The summed E-state index contributed by atoms with van der Waals surface area (Å²) in [6, 6.07) is 0. The van der Waals surface area contributed by atoms with Crippen LogP contribution in [0.5, 0.6) is 0 Å². The summed E-state index contributed by atoms with van der Waals surface area (Å²) in [5.41, 5.74) is 0. The van der Waals surface area contributed by atoms with Gasteiger partial charge in [0.2, 0.25) is 0 Å². The molecule has 1 rings (SSSR count). The average molecular weight is 365 g/mol. The zero-order valence-electron chi connectivity index (χ0n) is 17.4. The summed E-state index contributed by atoms with van der Waals surface area (Å²) < 4.78 is 0. The maximum absolute atomic E-state index is 9.06. The Kier molecular flexibility index (Phi) is 15.7. The Balaban J connectivity index is 1.77. The lowest BCUT2D eigenvalue weighted by molar-refractivity contribution is 0.255. The molecule has 26 heavy (non-hydrogen) atoms. The van der Waals surface area contributed by atoms with Gasteiger partial charge in [0.1, 0.15) is 0 Å². The van der Waals surface area contributed by atoms with Gasteiger partial charge in [-0.1, -0.05) is 83.3 Å². The lowest BCUT2D eigenvalue weighted by Crippen LogP contribution is -2.30. The fourth-order valence-corrected chi connectivity index (χ4v) is 3.67. The van der Waals surface area contributed by atoms with Crippen LogP contribution in [0, 0.1) is 0 Å². The monoisotopic (exact) mass is 364 g/mol. The van der Waals surface area contributed by atoms with E-state index in [9.17, 15) is 0 Å². The molecule has 0 radical (unpaired) electrons. The molecule has 1 heterocycles. The molecule has 0 amide bonds. The van der Waals surface area contributed by atoms with Gasteiger partial charge < -0.3 is 10.0 Å². The van der Waals surface area contributed by atoms with E-state index in [0.717, 1.165) is 26.1 Å². The molecule has 3 heteroatoms. The van der Waals surface area contributed by atoms with Gasteiger partial charge in [0.15, 0.2) is 0 Å². The maximum Gasteiger partial charge on any atom is 0.0991 e. The number of rotatable bonds is 18. The molecule has 3 nitrogen and oxygen atoms in total. The fourth-order valence-electron chi connectivity index (χ4n) is 3.67. The number of aliphatic hydroxyl groups is 1. The standard InChI is InChI=1S/C23H44N2O/c1-2-3-4-5-6-7-8-9-10-11-12-13-14-15-16-17-18-23-24-19-20-25(23)21-22-26/h4-5,26H,2-3,6-22H2,1H3/b5-4+. The largest absolute Gasteiger partial charge is 0.395 e. The lowest BCUT2D eigenvalue weighted by Gasteiger charge is -2.18. The van der Waals surface area contributed by atoms with Gasteiger partial charge in [0.25, 0.3) is 0 Å². The highest BCUT2D eigenvalue weighted by Crippen LogP contribution is 2.14. The van der Waals surface area contributed by atoms with Crippen LogP contribution < -0.4 is 0 Å². The number of aliphatic imine (C=N–C) groups is 1. The highest BCUT2D eigenvalue weighted by Gasteiger charge is 2.14. The van der Waals surface area contributed by atoms with Crippen molar-refractivity contribution in [2.24, 2.45) is 4.99 Å². The van der Waals surface area contributed by atoms with E-state index in [1.807, 2.05) is 0 Å². The van der Waals surface area contributed by atoms with E-state index in [1.54, 1.807) is 0 Å². The van der Waals surface area contributed by atoms with Crippen LogP contribution in [-0.4, -0.2) is 42.1 Å². The molecule has 0 aromatic carbocycles. The summed E-state index contributed by atoms with van der Waals surface area (Å²) in [5, 5.41) is 9.06. The van der Waals surface area contributed by atoms with Crippen molar-refractivity contribution in [3.63, 3.8) is 0 Å². The maximum atomic E-state index is 9.06. The second-order valence-electron chi connectivity index (χ2n) is 7.70. The van der Waals surface area contributed by atoms with Crippen molar-refractivity contribution in [3.05, 3.63) is 12.2 Å². The van der Waals surface area contributed by atoms with Gasteiger partial charge in [-0.15, -0.1) is 0 Å². The van der Waals surface area contributed by atoms with Gasteiger partial charge >= 0.3 is 0 Å². The molecule has 0 saturated carbocycles. The van der Waals surface area contributed by atoms with E-state index >= 15 is 0 Å². The molecule has 0 bridgehead atoms. The number of allylic oxidation sites excluding steroid dienone is 2. The van der Waals surface area contributed by atoms with Gasteiger partial charge in [-0.05, 0) is 25.7 Å². The van der Waals surface area contributed by atoms with E-state index in [-0.39, 0.29) is 6.61 Å². The molecule has 152 valence electrons. The van der Waals surface area contributed by atoms with Crippen LogP contribution in [-0.2, 0) is 0 Å². The van der Waals surface area contributed by atoms with Gasteiger partial charge in [-0.3, -0.25) is 4.99 Å². The third-order valence-corrected chi connectivity index (χ3v) is 5.29. The van der Waals surface area contributed by atoms with Gasteiger partial charge in [0, 0.05) is 19.5 Å². The minimum absolute atomic E-state index is 0.245. The number of amidine groups is 1. The first-order valence-corrected chi connectivity index (χ1v) is 11.4. The van der Waals surface area contributed by atoms with Crippen LogP contribution in [0.25, 0.3) is 0 Å². The number of β-amino-alcohol motifs (C(OH)–C–C–N with tert-alkyl or cyclic N) is 1.